The lowest BCUT2D eigenvalue weighted by Crippen LogP contribution is -2.26. The molecule has 4 aromatic rings. The monoisotopic (exact) mass is 454 g/mol. The summed E-state index contributed by atoms with van der Waals surface area (Å²) in [5.41, 5.74) is 6.16. The van der Waals surface area contributed by atoms with Crippen molar-refractivity contribution in [1.82, 2.24) is 9.97 Å². The van der Waals surface area contributed by atoms with Crippen molar-refractivity contribution in [3.8, 4) is 28.4 Å². The van der Waals surface area contributed by atoms with Crippen molar-refractivity contribution < 1.29 is 19.3 Å². The molecule has 0 aliphatic carbocycles. The second kappa shape index (κ2) is 7.98. The van der Waals surface area contributed by atoms with E-state index < -0.39 is 0 Å². The summed E-state index contributed by atoms with van der Waals surface area (Å²) >= 11 is 0. The van der Waals surface area contributed by atoms with Crippen molar-refractivity contribution >= 4 is 28.1 Å². The molecule has 3 heterocycles. The van der Waals surface area contributed by atoms with Gasteiger partial charge in [-0.15, -0.1) is 0 Å². The fraction of sp³-hybridized carbons (Fsp3) is 0.231. The van der Waals surface area contributed by atoms with E-state index in [0.717, 1.165) is 51.6 Å². The van der Waals surface area contributed by atoms with Gasteiger partial charge in [0.15, 0.2) is 18.0 Å². The van der Waals surface area contributed by atoms with Crippen LogP contribution in [0.1, 0.15) is 12.5 Å². The first-order valence-corrected chi connectivity index (χ1v) is 11.3. The van der Waals surface area contributed by atoms with Crippen LogP contribution in [-0.2, 0) is 6.54 Å². The third kappa shape index (κ3) is 3.22. The van der Waals surface area contributed by atoms with E-state index in [1.807, 2.05) is 10.8 Å². The second-order valence-corrected chi connectivity index (χ2v) is 8.32. The van der Waals surface area contributed by atoms with Crippen LogP contribution in [0.3, 0.4) is 0 Å². The van der Waals surface area contributed by atoms with E-state index >= 15 is 0 Å². The zero-order valence-corrected chi connectivity index (χ0v) is 19.0. The molecule has 0 bridgehead atoms. The normalized spacial score (nSPS) is 14.4. The van der Waals surface area contributed by atoms with Crippen LogP contribution in [-0.4, -0.2) is 46.6 Å². The third-order valence-electron chi connectivity index (χ3n) is 6.38. The van der Waals surface area contributed by atoms with Gasteiger partial charge >= 0.3 is 0 Å². The van der Waals surface area contributed by atoms with E-state index in [1.165, 1.54) is 13.4 Å². The van der Waals surface area contributed by atoms with Gasteiger partial charge in [-0.25, -0.2) is 9.97 Å². The molecule has 2 aliphatic heterocycles. The maximum atomic E-state index is 10.2. The molecule has 6 rings (SSSR count). The summed E-state index contributed by atoms with van der Waals surface area (Å²) in [5.74, 6) is 2.07. The molecule has 3 aromatic carbocycles. The van der Waals surface area contributed by atoms with Gasteiger partial charge in [-0.3, -0.25) is 0 Å². The van der Waals surface area contributed by atoms with Gasteiger partial charge in [0.2, 0.25) is 5.69 Å². The Morgan fingerprint density at radius 1 is 1.09 bits per heavy atom. The van der Waals surface area contributed by atoms with Gasteiger partial charge in [-0.2, -0.15) is 0 Å². The minimum absolute atomic E-state index is 0.0572. The van der Waals surface area contributed by atoms with Crippen LogP contribution in [0.25, 0.3) is 22.0 Å². The average Bonchev–Trinajstić information content (AvgIpc) is 3.06. The Morgan fingerprint density at radius 2 is 1.94 bits per heavy atom. The topological polar surface area (TPSA) is 83.1 Å². The van der Waals surface area contributed by atoms with Crippen LogP contribution < -0.4 is 14.4 Å². The summed E-state index contributed by atoms with van der Waals surface area (Å²) in [6.07, 6.45) is 1.51. The molecule has 0 saturated heterocycles. The molecule has 0 fully saturated rings. The number of benzene rings is 3. The highest BCUT2D eigenvalue weighted by Crippen LogP contribution is 2.41. The Hall–Kier alpha value is -4.20. The molecule has 1 N–H and O–H groups in total. The zero-order valence-electron chi connectivity index (χ0n) is 19.0. The highest BCUT2D eigenvalue weighted by atomic mass is 16.5. The lowest BCUT2D eigenvalue weighted by atomic mass is 10.0. The highest BCUT2D eigenvalue weighted by Gasteiger charge is 2.27. The van der Waals surface area contributed by atoms with E-state index in [-0.39, 0.29) is 5.75 Å². The van der Waals surface area contributed by atoms with Gasteiger partial charge in [-0.1, -0.05) is 16.8 Å². The number of rotatable bonds is 4. The molecule has 34 heavy (non-hydrogen) atoms. The molecule has 0 radical (unpaired) electrons. The number of aromatic hydroxyl groups is 1. The summed E-state index contributed by atoms with van der Waals surface area (Å²) in [4.78, 5) is 11.1. The minimum atomic E-state index is 0.0572. The number of hydrogen-bond acceptors (Lipinski definition) is 7. The summed E-state index contributed by atoms with van der Waals surface area (Å²) in [6, 6.07) is 16.2. The average molecular weight is 455 g/mol. The molecule has 170 valence electrons. The van der Waals surface area contributed by atoms with Crippen LogP contribution in [0.2, 0.25) is 0 Å². The molecule has 0 spiro atoms. The number of phenols is 1. The third-order valence-corrected chi connectivity index (χ3v) is 6.38. The van der Waals surface area contributed by atoms with Crippen LogP contribution in [0.15, 0.2) is 60.0 Å². The SMILES string of the molecule is CC[N+]1=Nc2ccc(-c3ccc4c(c3)CN(c3ncnc5c(OC)c(O)ccc35)CCO4)cc21. The van der Waals surface area contributed by atoms with Gasteiger partial charge in [0.25, 0.3) is 5.69 Å². The summed E-state index contributed by atoms with van der Waals surface area (Å²) in [7, 11) is 1.53. The minimum Gasteiger partial charge on any atom is -0.504 e. The van der Waals surface area contributed by atoms with Crippen LogP contribution in [0.5, 0.6) is 17.2 Å². The molecule has 1 aromatic heterocycles. The van der Waals surface area contributed by atoms with Crippen LogP contribution in [0.4, 0.5) is 17.2 Å². The van der Waals surface area contributed by atoms with E-state index in [2.05, 4.69) is 63.3 Å². The number of azo groups is 2. The first kappa shape index (κ1) is 20.4. The Morgan fingerprint density at radius 3 is 2.79 bits per heavy atom. The van der Waals surface area contributed by atoms with Gasteiger partial charge in [-0.05, 0) is 48.4 Å². The molecular formula is C26H24N5O3+. The van der Waals surface area contributed by atoms with E-state index in [0.29, 0.717) is 31.0 Å². The van der Waals surface area contributed by atoms with Crippen molar-refractivity contribution in [2.45, 2.75) is 13.5 Å². The fourth-order valence-corrected chi connectivity index (χ4v) is 4.66. The Kier molecular flexibility index (Phi) is 4.79. The quantitative estimate of drug-likeness (QED) is 0.428. The maximum Gasteiger partial charge on any atom is 0.264 e. The van der Waals surface area contributed by atoms with Crippen molar-refractivity contribution in [2.75, 3.05) is 31.7 Å². The number of nitrogens with zero attached hydrogens (tertiary/aromatic N) is 5. The van der Waals surface area contributed by atoms with Gasteiger partial charge < -0.3 is 19.5 Å². The predicted octanol–water partition coefficient (Wildman–Crippen LogP) is 5.17. The highest BCUT2D eigenvalue weighted by molar-refractivity contribution is 5.95. The maximum absolute atomic E-state index is 10.2. The summed E-state index contributed by atoms with van der Waals surface area (Å²) in [5, 5.41) is 15.5. The lowest BCUT2D eigenvalue weighted by molar-refractivity contribution is -0.521. The molecule has 0 atom stereocenters. The molecule has 8 heteroatoms. The van der Waals surface area contributed by atoms with E-state index in [4.69, 9.17) is 9.47 Å². The molecule has 2 aliphatic rings. The fourth-order valence-electron chi connectivity index (χ4n) is 4.66. The summed E-state index contributed by atoms with van der Waals surface area (Å²) < 4.78 is 13.5. The first-order valence-electron chi connectivity index (χ1n) is 11.3. The number of fused-ring (bicyclic) bond motifs is 3. The van der Waals surface area contributed by atoms with Crippen molar-refractivity contribution in [3.05, 3.63) is 60.4 Å². The zero-order chi connectivity index (χ0) is 23.2. The molecule has 0 saturated carbocycles. The number of phenolic OH excluding ortho intramolecular Hbond substituents is 1. The lowest BCUT2D eigenvalue weighted by Gasteiger charge is -2.23. The first-order chi connectivity index (χ1) is 16.7. The molecule has 8 nitrogen and oxygen atoms in total. The van der Waals surface area contributed by atoms with Gasteiger partial charge in [0.1, 0.15) is 30.0 Å². The molecule has 0 unspecified atom stereocenters. The Labute approximate surface area is 196 Å². The number of ether oxygens (including phenoxy) is 2. The van der Waals surface area contributed by atoms with Crippen molar-refractivity contribution in [3.63, 3.8) is 0 Å². The van der Waals surface area contributed by atoms with Crippen molar-refractivity contribution in [1.29, 1.82) is 0 Å². The van der Waals surface area contributed by atoms with Gasteiger partial charge in [0.05, 0.1) is 13.7 Å². The second-order valence-electron chi connectivity index (χ2n) is 8.32. The Bertz CT molecular complexity index is 1470. The number of aromatic nitrogens is 2. The smallest absolute Gasteiger partial charge is 0.264 e. The standard InChI is InChI=1S/C26H23N5O3/c1-3-31-21-13-17(4-7-20(21)29-31)16-5-9-23-18(12-16)14-30(10-11-34-23)26-19-6-8-22(32)25(33-2)24(19)27-15-28-26/h4-9,12-13,15H,3,10-11,14H2,1-2H3/p+1. The largest absolute Gasteiger partial charge is 0.504 e. The van der Waals surface area contributed by atoms with Crippen LogP contribution >= 0.6 is 0 Å². The van der Waals surface area contributed by atoms with Gasteiger partial charge in [0, 0.05) is 28.7 Å². The molecular weight excluding hydrogens is 430 g/mol. The van der Waals surface area contributed by atoms with E-state index in [1.54, 1.807) is 6.07 Å². The number of anilines is 1. The predicted molar refractivity (Wildman–Crippen MR) is 129 cm³/mol. The van der Waals surface area contributed by atoms with E-state index in [9.17, 15) is 5.11 Å². The Balaban J connectivity index is 1.38. The number of hydrogen-bond donors (Lipinski definition) is 1. The van der Waals surface area contributed by atoms with Crippen molar-refractivity contribution in [2.24, 2.45) is 5.11 Å². The summed E-state index contributed by atoms with van der Waals surface area (Å²) in [6.45, 7) is 4.81. The molecule has 0 amide bonds. The van der Waals surface area contributed by atoms with Crippen LogP contribution in [0, 0.1) is 0 Å². The number of methoxy groups -OCH3 is 1.